The summed E-state index contributed by atoms with van der Waals surface area (Å²) >= 11 is 5.92. The average Bonchev–Trinajstić information content (AvgIpc) is 3.05. The first-order valence-corrected chi connectivity index (χ1v) is 7.04. The lowest BCUT2D eigenvalue weighted by atomic mass is 10.2. The highest BCUT2D eigenvalue weighted by Crippen LogP contribution is 2.18. The van der Waals surface area contributed by atoms with E-state index in [2.05, 4.69) is 15.6 Å². The van der Waals surface area contributed by atoms with Crippen LogP contribution >= 0.6 is 11.6 Å². The summed E-state index contributed by atoms with van der Waals surface area (Å²) in [6.45, 7) is -0.0819. The van der Waals surface area contributed by atoms with Gasteiger partial charge < -0.3 is 10.2 Å². The summed E-state index contributed by atoms with van der Waals surface area (Å²) in [5, 5.41) is 11.3. The first-order valence-electron chi connectivity index (χ1n) is 6.66. The molecule has 1 aromatic carbocycles. The van der Waals surface area contributed by atoms with Crippen molar-refractivity contribution >= 4 is 28.5 Å². The van der Waals surface area contributed by atoms with Gasteiger partial charge in [-0.15, -0.1) is 5.10 Å². The molecule has 1 aliphatic carbocycles. The van der Waals surface area contributed by atoms with Crippen LogP contribution in [0.5, 0.6) is 0 Å². The van der Waals surface area contributed by atoms with Gasteiger partial charge in [0.05, 0.1) is 0 Å². The second-order valence-electron chi connectivity index (χ2n) is 4.92. The van der Waals surface area contributed by atoms with E-state index in [0.29, 0.717) is 16.1 Å². The lowest BCUT2D eigenvalue weighted by Crippen LogP contribution is -2.37. The summed E-state index contributed by atoms with van der Waals surface area (Å²) < 4.78 is 0. The molecule has 1 fully saturated rings. The fourth-order valence-corrected chi connectivity index (χ4v) is 2.59. The fraction of sp³-hybridized carbons (Fsp3) is 0.462. The molecule has 0 saturated heterocycles. The quantitative estimate of drug-likeness (QED) is 0.929. The van der Waals surface area contributed by atoms with Crippen LogP contribution in [0, 0.1) is 0 Å². The zero-order valence-electron chi connectivity index (χ0n) is 10.9. The monoisotopic (exact) mass is 294 g/mol. The van der Waals surface area contributed by atoms with E-state index < -0.39 is 0 Å². The molecule has 1 saturated carbocycles. The summed E-state index contributed by atoms with van der Waals surface area (Å²) in [7, 11) is 0. The van der Waals surface area contributed by atoms with Gasteiger partial charge in [-0.3, -0.25) is 4.79 Å². The summed E-state index contributed by atoms with van der Waals surface area (Å²) in [5.41, 5.74) is 1.32. The van der Waals surface area contributed by atoms with Crippen LogP contribution in [0.3, 0.4) is 0 Å². The molecule has 0 aliphatic heterocycles. The van der Waals surface area contributed by atoms with Crippen molar-refractivity contribution in [1.29, 1.82) is 0 Å². The number of fused-ring (bicyclic) bond motifs is 1. The van der Waals surface area contributed by atoms with Crippen LogP contribution in [0.4, 0.5) is 0 Å². The van der Waals surface area contributed by atoms with Crippen LogP contribution in [0.15, 0.2) is 18.2 Å². The third kappa shape index (κ3) is 2.85. The first-order chi connectivity index (χ1) is 9.72. The van der Waals surface area contributed by atoms with Crippen molar-refractivity contribution < 1.29 is 9.63 Å². The molecule has 0 radical (unpaired) electrons. The largest absolute Gasteiger partial charge is 0.385 e. The van der Waals surface area contributed by atoms with Gasteiger partial charge in [-0.1, -0.05) is 29.3 Å². The van der Waals surface area contributed by atoms with Crippen molar-refractivity contribution in [3.63, 3.8) is 0 Å². The Morgan fingerprint density at radius 1 is 1.45 bits per heavy atom. The number of rotatable bonds is 4. The normalized spacial score (nSPS) is 15.7. The number of nitrogens with one attached hydrogen (secondary N) is 1. The molecular weight excluding hydrogens is 280 g/mol. The van der Waals surface area contributed by atoms with Gasteiger partial charge in [-0.2, -0.15) is 0 Å². The van der Waals surface area contributed by atoms with Gasteiger partial charge in [0.15, 0.2) is 6.61 Å². The van der Waals surface area contributed by atoms with Crippen LogP contribution in [0.1, 0.15) is 25.7 Å². The lowest BCUT2D eigenvalue weighted by Gasteiger charge is -2.12. The van der Waals surface area contributed by atoms with Crippen LogP contribution in [0.25, 0.3) is 11.0 Å². The van der Waals surface area contributed by atoms with E-state index in [-0.39, 0.29) is 18.6 Å². The molecule has 6 nitrogen and oxygen atoms in total. The van der Waals surface area contributed by atoms with Gasteiger partial charge in [-0.25, -0.2) is 0 Å². The van der Waals surface area contributed by atoms with Crippen LogP contribution in [-0.4, -0.2) is 33.7 Å². The maximum atomic E-state index is 11.8. The van der Waals surface area contributed by atoms with E-state index in [4.69, 9.17) is 16.4 Å². The second-order valence-corrected chi connectivity index (χ2v) is 5.35. The Morgan fingerprint density at radius 2 is 2.25 bits per heavy atom. The van der Waals surface area contributed by atoms with Crippen molar-refractivity contribution in [3.8, 4) is 0 Å². The Balaban J connectivity index is 1.61. The predicted molar refractivity (Wildman–Crippen MR) is 74.4 cm³/mol. The smallest absolute Gasteiger partial charge is 0.260 e. The highest BCUT2D eigenvalue weighted by atomic mass is 35.5. The van der Waals surface area contributed by atoms with Crippen molar-refractivity contribution in [2.45, 2.75) is 31.7 Å². The van der Waals surface area contributed by atoms with E-state index in [1.807, 2.05) is 0 Å². The number of aromatic nitrogens is 3. The molecule has 1 aliphatic rings. The Bertz CT molecular complexity index is 622. The molecule has 1 N–H and O–H groups in total. The molecule has 7 heteroatoms. The standard InChI is InChI=1S/C13H15ClN4O2/c14-9-5-6-11-12(7-9)18(17-16-11)20-8-13(19)15-10-3-1-2-4-10/h5-7,10H,1-4,8H2,(H,15,19). The number of benzene rings is 1. The van der Waals surface area contributed by atoms with Crippen LogP contribution in [0.2, 0.25) is 5.02 Å². The minimum Gasteiger partial charge on any atom is -0.385 e. The van der Waals surface area contributed by atoms with E-state index >= 15 is 0 Å². The zero-order chi connectivity index (χ0) is 13.9. The number of carbonyl (C=O) groups excluding carboxylic acids is 1. The van der Waals surface area contributed by atoms with Gasteiger partial charge in [-0.05, 0) is 36.3 Å². The molecule has 1 heterocycles. The third-order valence-corrected chi connectivity index (χ3v) is 3.65. The van der Waals surface area contributed by atoms with Crippen molar-refractivity contribution in [2.24, 2.45) is 0 Å². The van der Waals surface area contributed by atoms with E-state index in [9.17, 15) is 4.79 Å². The molecular formula is C13H15ClN4O2. The molecule has 106 valence electrons. The molecule has 3 rings (SSSR count). The molecule has 0 bridgehead atoms. The molecule has 0 unspecified atom stereocenters. The van der Waals surface area contributed by atoms with Gasteiger partial charge in [0.25, 0.3) is 5.91 Å². The van der Waals surface area contributed by atoms with Crippen LogP contribution in [-0.2, 0) is 4.79 Å². The number of halogens is 1. The first kappa shape index (κ1) is 13.2. The topological polar surface area (TPSA) is 69.0 Å². The Morgan fingerprint density at radius 3 is 3.05 bits per heavy atom. The molecule has 0 atom stereocenters. The van der Waals surface area contributed by atoms with E-state index in [0.717, 1.165) is 12.8 Å². The molecule has 2 aromatic rings. The van der Waals surface area contributed by atoms with Gasteiger partial charge in [0.1, 0.15) is 11.0 Å². The minimum absolute atomic E-state index is 0.0819. The van der Waals surface area contributed by atoms with Crippen molar-refractivity contribution in [1.82, 2.24) is 20.5 Å². The fourth-order valence-electron chi connectivity index (χ4n) is 2.43. The number of carbonyl (C=O) groups is 1. The van der Waals surface area contributed by atoms with E-state index in [1.165, 1.54) is 17.7 Å². The van der Waals surface area contributed by atoms with Gasteiger partial charge >= 0.3 is 0 Å². The Kier molecular flexibility index (Phi) is 3.73. The molecule has 20 heavy (non-hydrogen) atoms. The number of hydrogen-bond acceptors (Lipinski definition) is 4. The SMILES string of the molecule is O=C(COn1nnc2ccc(Cl)cc21)NC1CCCC1. The lowest BCUT2D eigenvalue weighted by molar-refractivity contribution is -0.127. The summed E-state index contributed by atoms with van der Waals surface area (Å²) in [6.07, 6.45) is 4.46. The Labute approximate surface area is 121 Å². The maximum Gasteiger partial charge on any atom is 0.260 e. The van der Waals surface area contributed by atoms with Gasteiger partial charge in [0.2, 0.25) is 0 Å². The molecule has 0 spiro atoms. The highest BCUT2D eigenvalue weighted by Gasteiger charge is 2.17. The summed E-state index contributed by atoms with van der Waals surface area (Å²) in [4.78, 5) is 18.4. The van der Waals surface area contributed by atoms with E-state index in [1.54, 1.807) is 18.2 Å². The van der Waals surface area contributed by atoms with Crippen molar-refractivity contribution in [2.75, 3.05) is 6.61 Å². The van der Waals surface area contributed by atoms with Gasteiger partial charge in [0, 0.05) is 11.1 Å². The molecule has 1 amide bonds. The minimum atomic E-state index is -0.137. The predicted octanol–water partition coefficient (Wildman–Crippen LogP) is 1.57. The van der Waals surface area contributed by atoms with Crippen LogP contribution < -0.4 is 10.2 Å². The Hall–Kier alpha value is -1.82. The number of hydrogen-bond donors (Lipinski definition) is 1. The number of amides is 1. The second kappa shape index (κ2) is 5.66. The average molecular weight is 295 g/mol. The maximum absolute atomic E-state index is 11.8. The van der Waals surface area contributed by atoms with Crippen molar-refractivity contribution in [3.05, 3.63) is 23.2 Å². The number of nitrogens with zero attached hydrogens (tertiary/aromatic N) is 3. The highest BCUT2D eigenvalue weighted by molar-refractivity contribution is 6.31. The third-order valence-electron chi connectivity index (χ3n) is 3.42. The summed E-state index contributed by atoms with van der Waals surface area (Å²) in [6, 6.07) is 5.47. The zero-order valence-corrected chi connectivity index (χ0v) is 11.6. The molecule has 1 aromatic heterocycles. The summed E-state index contributed by atoms with van der Waals surface area (Å²) in [5.74, 6) is -0.137.